The topological polar surface area (TPSA) is 37.3 Å². The lowest BCUT2D eigenvalue weighted by molar-refractivity contribution is -0.145. The maximum absolute atomic E-state index is 13.6. The highest BCUT2D eigenvalue weighted by molar-refractivity contribution is 5.82. The largest absolute Gasteiger partial charge is 0.481 e. The first kappa shape index (κ1) is 13.0. The van der Waals surface area contributed by atoms with Crippen LogP contribution in [0, 0.1) is 18.6 Å². The van der Waals surface area contributed by atoms with Gasteiger partial charge in [0.15, 0.2) is 0 Å². The number of rotatable bonds is 2. The molecule has 18 heavy (non-hydrogen) atoms. The van der Waals surface area contributed by atoms with Gasteiger partial charge in [-0.25, -0.2) is 8.78 Å². The van der Waals surface area contributed by atoms with Crippen molar-refractivity contribution in [2.45, 2.75) is 44.4 Å². The summed E-state index contributed by atoms with van der Waals surface area (Å²) >= 11 is 0. The third-order valence-electron chi connectivity index (χ3n) is 3.94. The third-order valence-corrected chi connectivity index (χ3v) is 3.94. The van der Waals surface area contributed by atoms with Gasteiger partial charge >= 0.3 is 5.97 Å². The van der Waals surface area contributed by atoms with Crippen LogP contribution in [0.1, 0.15) is 43.2 Å². The van der Waals surface area contributed by atoms with Crippen LogP contribution in [0.4, 0.5) is 8.78 Å². The Morgan fingerprint density at radius 3 is 2.39 bits per heavy atom. The Kier molecular flexibility index (Phi) is 3.37. The van der Waals surface area contributed by atoms with Crippen LogP contribution in [-0.2, 0) is 10.2 Å². The van der Waals surface area contributed by atoms with Crippen LogP contribution in [0.15, 0.2) is 12.1 Å². The molecule has 0 radical (unpaired) electrons. The molecule has 0 bridgehead atoms. The molecule has 0 amide bonds. The average molecular weight is 254 g/mol. The molecule has 1 aliphatic rings. The van der Waals surface area contributed by atoms with E-state index in [1.54, 1.807) is 0 Å². The molecule has 2 rings (SSSR count). The van der Waals surface area contributed by atoms with Gasteiger partial charge in [-0.1, -0.05) is 19.3 Å². The van der Waals surface area contributed by atoms with E-state index >= 15 is 0 Å². The Balaban J connectivity index is 2.59. The molecule has 1 aromatic carbocycles. The van der Waals surface area contributed by atoms with E-state index in [0.29, 0.717) is 18.4 Å². The minimum atomic E-state index is -1.12. The van der Waals surface area contributed by atoms with E-state index in [-0.39, 0.29) is 5.56 Å². The summed E-state index contributed by atoms with van der Waals surface area (Å²) in [6.07, 6.45) is 3.44. The molecule has 0 aromatic heterocycles. The highest BCUT2D eigenvalue weighted by atomic mass is 19.1. The Morgan fingerprint density at radius 2 is 1.83 bits per heavy atom. The van der Waals surface area contributed by atoms with Crippen LogP contribution in [0.25, 0.3) is 0 Å². The summed E-state index contributed by atoms with van der Waals surface area (Å²) in [4.78, 5) is 11.6. The maximum Gasteiger partial charge on any atom is 0.314 e. The van der Waals surface area contributed by atoms with E-state index in [1.165, 1.54) is 13.0 Å². The first-order chi connectivity index (χ1) is 8.47. The molecular weight excluding hydrogens is 238 g/mol. The predicted octanol–water partition coefficient (Wildman–Crippen LogP) is 3.56. The van der Waals surface area contributed by atoms with Crippen molar-refractivity contribution in [1.82, 2.24) is 0 Å². The van der Waals surface area contributed by atoms with Crippen molar-refractivity contribution in [3.05, 3.63) is 34.9 Å². The number of carbonyl (C=O) groups is 1. The van der Waals surface area contributed by atoms with E-state index in [4.69, 9.17) is 0 Å². The first-order valence-corrected chi connectivity index (χ1v) is 6.17. The molecule has 4 heteroatoms. The number of carboxylic acids is 1. The standard InChI is InChI=1S/C14H16F2O2/c1-9-11(7-10(15)8-12(9)16)14(13(17)18)5-3-2-4-6-14/h7-8H,2-6H2,1H3,(H,17,18). The molecule has 1 saturated carbocycles. The van der Waals surface area contributed by atoms with E-state index in [9.17, 15) is 18.7 Å². The molecule has 0 heterocycles. The third kappa shape index (κ3) is 2.00. The Morgan fingerprint density at radius 1 is 1.22 bits per heavy atom. The molecule has 98 valence electrons. The SMILES string of the molecule is Cc1c(F)cc(F)cc1C1(C(=O)O)CCCCC1. The molecule has 1 fully saturated rings. The maximum atomic E-state index is 13.6. The van der Waals surface area contributed by atoms with Gasteiger partial charge in [0, 0.05) is 6.07 Å². The summed E-state index contributed by atoms with van der Waals surface area (Å²) in [6, 6.07) is 1.98. The number of halogens is 2. The lowest BCUT2D eigenvalue weighted by Gasteiger charge is -2.34. The Labute approximate surface area is 105 Å². The second-order valence-corrected chi connectivity index (χ2v) is 5.01. The summed E-state index contributed by atoms with van der Waals surface area (Å²) in [5, 5.41) is 9.50. The monoisotopic (exact) mass is 254 g/mol. The quantitative estimate of drug-likeness (QED) is 0.876. The van der Waals surface area contributed by atoms with Crippen molar-refractivity contribution in [3.63, 3.8) is 0 Å². The molecule has 1 N–H and O–H groups in total. The summed E-state index contributed by atoms with van der Waals surface area (Å²) in [7, 11) is 0. The normalized spacial score (nSPS) is 18.6. The first-order valence-electron chi connectivity index (χ1n) is 6.17. The molecule has 0 spiro atoms. The molecule has 1 aliphatic carbocycles. The van der Waals surface area contributed by atoms with Gasteiger partial charge in [0.2, 0.25) is 0 Å². The van der Waals surface area contributed by atoms with Crippen molar-refractivity contribution >= 4 is 5.97 Å². The number of benzene rings is 1. The summed E-state index contributed by atoms with van der Waals surface area (Å²) in [5.41, 5.74) is -0.571. The fraction of sp³-hybridized carbons (Fsp3) is 0.500. The van der Waals surface area contributed by atoms with Crippen molar-refractivity contribution < 1.29 is 18.7 Å². The van der Waals surface area contributed by atoms with Crippen molar-refractivity contribution in [1.29, 1.82) is 0 Å². The van der Waals surface area contributed by atoms with Gasteiger partial charge in [-0.2, -0.15) is 0 Å². The van der Waals surface area contributed by atoms with Crippen LogP contribution in [0.2, 0.25) is 0 Å². The zero-order chi connectivity index (χ0) is 13.3. The van der Waals surface area contributed by atoms with Gasteiger partial charge < -0.3 is 5.11 Å². The molecule has 0 aliphatic heterocycles. The number of carboxylic acid groups (broad SMARTS) is 1. The Hall–Kier alpha value is -1.45. The van der Waals surface area contributed by atoms with Crippen LogP contribution in [-0.4, -0.2) is 11.1 Å². The van der Waals surface area contributed by atoms with Crippen molar-refractivity contribution in [2.24, 2.45) is 0 Å². The fourth-order valence-electron chi connectivity index (χ4n) is 2.90. The van der Waals surface area contributed by atoms with E-state index < -0.39 is 23.0 Å². The van der Waals surface area contributed by atoms with Gasteiger partial charge in [0.25, 0.3) is 0 Å². The summed E-state index contributed by atoms with van der Waals surface area (Å²) < 4.78 is 27.0. The molecule has 0 saturated heterocycles. The zero-order valence-electron chi connectivity index (χ0n) is 10.3. The average Bonchev–Trinajstić information content (AvgIpc) is 2.34. The lowest BCUT2D eigenvalue weighted by Crippen LogP contribution is -2.38. The van der Waals surface area contributed by atoms with E-state index in [2.05, 4.69) is 0 Å². The van der Waals surface area contributed by atoms with Crippen molar-refractivity contribution in [2.75, 3.05) is 0 Å². The number of hydrogen-bond acceptors (Lipinski definition) is 1. The van der Waals surface area contributed by atoms with Crippen molar-refractivity contribution in [3.8, 4) is 0 Å². The van der Waals surface area contributed by atoms with E-state index in [1.807, 2.05) is 0 Å². The Bertz CT molecular complexity index is 477. The summed E-state index contributed by atoms with van der Waals surface area (Å²) in [6.45, 7) is 1.52. The molecule has 0 atom stereocenters. The zero-order valence-corrected chi connectivity index (χ0v) is 10.3. The minimum absolute atomic E-state index is 0.251. The van der Waals surface area contributed by atoms with Gasteiger partial charge in [0.1, 0.15) is 11.6 Å². The number of hydrogen-bond donors (Lipinski definition) is 1. The van der Waals surface area contributed by atoms with Crippen LogP contribution in [0.3, 0.4) is 0 Å². The van der Waals surface area contributed by atoms with Gasteiger partial charge in [-0.3, -0.25) is 4.79 Å². The highest BCUT2D eigenvalue weighted by Gasteiger charge is 2.42. The van der Waals surface area contributed by atoms with E-state index in [0.717, 1.165) is 25.3 Å². The van der Waals surface area contributed by atoms with Crippen LogP contribution < -0.4 is 0 Å². The second-order valence-electron chi connectivity index (χ2n) is 5.01. The van der Waals surface area contributed by atoms with Crippen LogP contribution >= 0.6 is 0 Å². The number of aliphatic carboxylic acids is 1. The van der Waals surface area contributed by atoms with Gasteiger partial charge in [0.05, 0.1) is 5.41 Å². The molecule has 0 unspecified atom stereocenters. The molecular formula is C14H16F2O2. The predicted molar refractivity (Wildman–Crippen MR) is 63.5 cm³/mol. The second kappa shape index (κ2) is 4.67. The van der Waals surface area contributed by atoms with Gasteiger partial charge in [-0.15, -0.1) is 0 Å². The molecule has 2 nitrogen and oxygen atoms in total. The lowest BCUT2D eigenvalue weighted by atomic mass is 9.68. The smallest absolute Gasteiger partial charge is 0.314 e. The van der Waals surface area contributed by atoms with Crippen LogP contribution in [0.5, 0.6) is 0 Å². The summed E-state index contributed by atoms with van der Waals surface area (Å²) in [5.74, 6) is -2.36. The molecule has 1 aromatic rings. The highest BCUT2D eigenvalue weighted by Crippen LogP contribution is 2.41. The fourth-order valence-corrected chi connectivity index (χ4v) is 2.90. The van der Waals surface area contributed by atoms with Gasteiger partial charge in [-0.05, 0) is 37.0 Å². The minimum Gasteiger partial charge on any atom is -0.481 e.